The zero-order valence-electron chi connectivity index (χ0n) is 20.5. The summed E-state index contributed by atoms with van der Waals surface area (Å²) < 4.78 is 37.1. The SMILES string of the molecule is C#CC1(Cl)[C@@H](O)[C@@H](CO[P@@](=O)(C[C@@H](C)C(=O)OC(C)C)Oc2ccccc2)O[C@H]1n1ccc(N)nc1=O. The van der Waals surface area contributed by atoms with E-state index < -0.39 is 55.1 Å². The fraction of sp³-hybridized carbons (Fsp3) is 0.458. The van der Waals surface area contributed by atoms with Gasteiger partial charge >= 0.3 is 19.3 Å². The minimum absolute atomic E-state index is 0.0235. The van der Waals surface area contributed by atoms with Gasteiger partial charge in [-0.25, -0.2) is 9.36 Å². The summed E-state index contributed by atoms with van der Waals surface area (Å²) in [4.78, 5) is 26.5. The van der Waals surface area contributed by atoms with E-state index in [2.05, 4.69) is 10.9 Å². The number of nitrogen functional groups attached to an aromatic ring is 1. The van der Waals surface area contributed by atoms with Crippen molar-refractivity contribution in [2.45, 2.75) is 50.2 Å². The van der Waals surface area contributed by atoms with E-state index in [1.54, 1.807) is 44.2 Å². The predicted octanol–water partition coefficient (Wildman–Crippen LogP) is 2.57. The maximum absolute atomic E-state index is 13.8. The summed E-state index contributed by atoms with van der Waals surface area (Å²) in [6.07, 6.45) is 2.11. The van der Waals surface area contributed by atoms with Crippen LogP contribution in [-0.2, 0) is 23.4 Å². The summed E-state index contributed by atoms with van der Waals surface area (Å²) in [6.45, 7) is 4.44. The number of aliphatic hydroxyl groups excluding tert-OH is 1. The normalized spacial score (nSPS) is 25.7. The molecule has 0 amide bonds. The van der Waals surface area contributed by atoms with Gasteiger partial charge in [0.25, 0.3) is 0 Å². The zero-order valence-corrected chi connectivity index (χ0v) is 22.2. The number of nitrogens with zero attached hydrogens (tertiary/aromatic N) is 2. The van der Waals surface area contributed by atoms with Gasteiger partial charge in [0.05, 0.1) is 24.8 Å². The number of hydrogen-bond acceptors (Lipinski definition) is 10. The summed E-state index contributed by atoms with van der Waals surface area (Å²) in [5.41, 5.74) is 4.74. The second-order valence-electron chi connectivity index (χ2n) is 8.81. The number of para-hydroxylation sites is 1. The summed E-state index contributed by atoms with van der Waals surface area (Å²) in [6, 6.07) is 9.60. The lowest BCUT2D eigenvalue weighted by molar-refractivity contribution is -0.151. The van der Waals surface area contributed by atoms with Gasteiger partial charge in [-0.3, -0.25) is 13.9 Å². The highest BCUT2D eigenvalue weighted by Gasteiger charge is 2.56. The number of benzene rings is 1. The van der Waals surface area contributed by atoms with E-state index in [-0.39, 0.29) is 23.8 Å². The quantitative estimate of drug-likeness (QED) is 0.194. The van der Waals surface area contributed by atoms with Crippen LogP contribution in [-0.4, -0.2) is 56.6 Å². The number of rotatable bonds is 10. The van der Waals surface area contributed by atoms with Crippen molar-refractivity contribution in [1.82, 2.24) is 9.55 Å². The number of carbonyl (C=O) groups excluding carboxylic acids is 1. The lowest BCUT2D eigenvalue weighted by Crippen LogP contribution is -2.43. The van der Waals surface area contributed by atoms with E-state index in [1.807, 2.05) is 0 Å². The van der Waals surface area contributed by atoms with Crippen LogP contribution in [0.2, 0.25) is 0 Å². The Labute approximate surface area is 219 Å². The maximum Gasteiger partial charge on any atom is 0.380 e. The first-order chi connectivity index (χ1) is 17.4. The Bertz CT molecular complexity index is 1250. The van der Waals surface area contributed by atoms with Crippen LogP contribution >= 0.6 is 19.2 Å². The van der Waals surface area contributed by atoms with Crippen molar-refractivity contribution in [3.8, 4) is 18.1 Å². The van der Waals surface area contributed by atoms with Crippen LogP contribution in [0, 0.1) is 18.3 Å². The monoisotopic (exact) mass is 553 g/mol. The molecule has 3 rings (SSSR count). The van der Waals surface area contributed by atoms with Crippen molar-refractivity contribution in [2.75, 3.05) is 18.5 Å². The number of terminal acetylenes is 1. The van der Waals surface area contributed by atoms with Gasteiger partial charge in [0.2, 0.25) is 0 Å². The van der Waals surface area contributed by atoms with Gasteiger partial charge in [-0.05, 0) is 32.0 Å². The first-order valence-electron chi connectivity index (χ1n) is 11.4. The molecule has 0 aliphatic carbocycles. The Morgan fingerprint density at radius 2 is 2.03 bits per heavy atom. The van der Waals surface area contributed by atoms with Gasteiger partial charge in [-0.1, -0.05) is 42.6 Å². The van der Waals surface area contributed by atoms with Gasteiger partial charge < -0.3 is 24.8 Å². The van der Waals surface area contributed by atoms with E-state index in [0.717, 1.165) is 4.57 Å². The second-order valence-corrected chi connectivity index (χ2v) is 11.5. The molecule has 1 saturated heterocycles. The highest BCUT2D eigenvalue weighted by atomic mass is 35.5. The molecule has 0 saturated carbocycles. The summed E-state index contributed by atoms with van der Waals surface area (Å²) in [5.74, 6) is 1.08. The van der Waals surface area contributed by atoms with E-state index in [4.69, 9.17) is 42.3 Å². The van der Waals surface area contributed by atoms with E-state index in [0.29, 0.717) is 0 Å². The molecule has 3 N–H and O–H groups in total. The molecule has 0 spiro atoms. The Kier molecular flexibility index (Phi) is 9.05. The second kappa shape index (κ2) is 11.7. The molecule has 1 aromatic carbocycles. The molecule has 11 nitrogen and oxygen atoms in total. The third-order valence-corrected chi connectivity index (χ3v) is 7.99. The minimum Gasteiger partial charge on any atom is -0.463 e. The van der Waals surface area contributed by atoms with Crippen molar-refractivity contribution in [3.63, 3.8) is 0 Å². The van der Waals surface area contributed by atoms with Crippen molar-refractivity contribution in [3.05, 3.63) is 53.1 Å². The third-order valence-electron chi connectivity index (χ3n) is 5.45. The van der Waals surface area contributed by atoms with Gasteiger partial charge in [0, 0.05) is 6.20 Å². The molecule has 1 aliphatic rings. The smallest absolute Gasteiger partial charge is 0.380 e. The number of alkyl halides is 1. The molecule has 1 aliphatic heterocycles. The van der Waals surface area contributed by atoms with Gasteiger partial charge in [-0.15, -0.1) is 6.42 Å². The number of aliphatic hydroxyl groups is 1. The largest absolute Gasteiger partial charge is 0.463 e. The number of ether oxygens (including phenoxy) is 2. The number of hydrogen-bond donors (Lipinski definition) is 2. The maximum atomic E-state index is 13.8. The first-order valence-corrected chi connectivity index (χ1v) is 13.5. The number of aromatic nitrogens is 2. The van der Waals surface area contributed by atoms with E-state index in [9.17, 15) is 19.3 Å². The third kappa shape index (κ3) is 6.72. The minimum atomic E-state index is -4.02. The standard InChI is InChI=1S/C24H29ClN3O8P/c1-5-24(25)20(29)18(35-22(24)28-12-11-19(26)27-23(28)31)13-33-37(32,36-17-9-7-6-8-10-17)14-16(4)21(30)34-15(2)3/h1,6-12,15-16,18,20,22,29H,13-14H2,2-4H3,(H2,26,27,31)/t16-,18-,20+,22-,24?,37+/m1/s1. The highest BCUT2D eigenvalue weighted by Crippen LogP contribution is 2.51. The average Bonchev–Trinajstić information content (AvgIpc) is 3.08. The first kappa shape index (κ1) is 28.7. The van der Waals surface area contributed by atoms with Crippen LogP contribution in [0.25, 0.3) is 0 Å². The van der Waals surface area contributed by atoms with Crippen LogP contribution in [0.3, 0.4) is 0 Å². The number of halogens is 1. The fourth-order valence-corrected chi connectivity index (χ4v) is 5.79. The Morgan fingerprint density at radius 1 is 1.35 bits per heavy atom. The molecule has 0 bridgehead atoms. The summed E-state index contributed by atoms with van der Waals surface area (Å²) in [7, 11) is -4.02. The van der Waals surface area contributed by atoms with Crippen molar-refractivity contribution in [1.29, 1.82) is 0 Å². The average molecular weight is 554 g/mol. The van der Waals surface area contributed by atoms with Gasteiger partial charge in [0.1, 0.15) is 23.8 Å². The molecule has 2 heterocycles. The molecule has 1 unspecified atom stereocenters. The Hall–Kier alpha value is -2.87. The number of nitrogens with two attached hydrogens (primary N) is 1. The molecule has 1 fully saturated rings. The lowest BCUT2D eigenvalue weighted by atomic mass is 9.99. The van der Waals surface area contributed by atoms with Gasteiger partial charge in [0.15, 0.2) is 11.1 Å². The zero-order chi connectivity index (χ0) is 27.4. The molecular weight excluding hydrogens is 525 g/mol. The van der Waals surface area contributed by atoms with E-state index >= 15 is 0 Å². The van der Waals surface area contributed by atoms with Crippen LogP contribution in [0.5, 0.6) is 5.75 Å². The molecule has 2 aromatic rings. The van der Waals surface area contributed by atoms with Gasteiger partial charge in [-0.2, -0.15) is 4.98 Å². The molecule has 37 heavy (non-hydrogen) atoms. The molecule has 0 radical (unpaired) electrons. The highest BCUT2D eigenvalue weighted by molar-refractivity contribution is 7.54. The lowest BCUT2D eigenvalue weighted by Gasteiger charge is -2.25. The number of esters is 1. The van der Waals surface area contributed by atoms with Crippen molar-refractivity contribution in [2.24, 2.45) is 5.92 Å². The van der Waals surface area contributed by atoms with Crippen LogP contribution in [0.1, 0.15) is 27.0 Å². The van der Waals surface area contributed by atoms with Crippen LogP contribution < -0.4 is 15.9 Å². The summed E-state index contributed by atoms with van der Waals surface area (Å²) >= 11 is 6.52. The van der Waals surface area contributed by atoms with Crippen LogP contribution in [0.15, 0.2) is 47.4 Å². The topological polar surface area (TPSA) is 152 Å². The Balaban J connectivity index is 1.83. The van der Waals surface area contributed by atoms with Crippen molar-refractivity contribution < 1.29 is 33.0 Å². The predicted molar refractivity (Wildman–Crippen MR) is 136 cm³/mol. The molecule has 6 atom stereocenters. The van der Waals surface area contributed by atoms with Crippen molar-refractivity contribution >= 4 is 31.0 Å². The number of anilines is 1. The summed E-state index contributed by atoms with van der Waals surface area (Å²) in [5, 5.41) is 10.9. The Morgan fingerprint density at radius 3 is 2.62 bits per heavy atom. The fourth-order valence-electron chi connectivity index (χ4n) is 3.62. The van der Waals surface area contributed by atoms with E-state index in [1.165, 1.54) is 19.2 Å². The molecule has 13 heteroatoms. The molecular formula is C24H29ClN3O8P. The van der Waals surface area contributed by atoms with Crippen LogP contribution in [0.4, 0.5) is 5.82 Å². The molecule has 200 valence electrons. The molecule has 1 aromatic heterocycles. The number of carbonyl (C=O) groups is 1.